The highest BCUT2D eigenvalue weighted by molar-refractivity contribution is 6.18. The molecule has 0 saturated heterocycles. The second-order valence-electron chi connectivity index (χ2n) is 5.03. The molecular formula is C13H17ClF2N2. The van der Waals surface area contributed by atoms with Crippen molar-refractivity contribution in [3.8, 4) is 0 Å². The largest absolute Gasteiger partial charge is 0.367 e. The van der Waals surface area contributed by atoms with Gasteiger partial charge in [-0.25, -0.2) is 13.8 Å². The third-order valence-electron chi connectivity index (χ3n) is 3.64. The van der Waals surface area contributed by atoms with Crippen LogP contribution in [0, 0.1) is 17.0 Å². The molecule has 1 heterocycles. The Hall–Kier alpha value is -0.900. The van der Waals surface area contributed by atoms with Crippen LogP contribution < -0.4 is 5.32 Å². The average molecular weight is 275 g/mol. The molecule has 5 heteroatoms. The summed E-state index contributed by atoms with van der Waals surface area (Å²) in [5.74, 6) is -0.659. The summed E-state index contributed by atoms with van der Waals surface area (Å²) in [6.45, 7) is 0.589. The predicted molar refractivity (Wildman–Crippen MR) is 68.9 cm³/mol. The molecular weight excluding hydrogens is 258 g/mol. The molecule has 1 aliphatic carbocycles. The second kappa shape index (κ2) is 5.83. The number of halogens is 3. The highest BCUT2D eigenvalue weighted by atomic mass is 35.5. The monoisotopic (exact) mass is 274 g/mol. The van der Waals surface area contributed by atoms with Crippen LogP contribution in [0.1, 0.15) is 32.1 Å². The summed E-state index contributed by atoms with van der Waals surface area (Å²) in [7, 11) is 0. The number of alkyl halides is 1. The Balaban J connectivity index is 2.01. The van der Waals surface area contributed by atoms with E-state index in [4.69, 9.17) is 11.6 Å². The Morgan fingerprint density at radius 1 is 1.28 bits per heavy atom. The molecule has 0 unspecified atom stereocenters. The van der Waals surface area contributed by atoms with Gasteiger partial charge < -0.3 is 5.32 Å². The molecule has 1 aromatic heterocycles. The van der Waals surface area contributed by atoms with Gasteiger partial charge in [0.05, 0.1) is 6.20 Å². The molecule has 100 valence electrons. The normalized spacial score (nSPS) is 18.6. The molecule has 0 aliphatic heterocycles. The van der Waals surface area contributed by atoms with E-state index in [9.17, 15) is 8.78 Å². The summed E-state index contributed by atoms with van der Waals surface area (Å²) in [5, 5.41) is 2.96. The van der Waals surface area contributed by atoms with Crippen molar-refractivity contribution in [3.05, 3.63) is 23.9 Å². The smallest absolute Gasteiger partial charge is 0.168 e. The van der Waals surface area contributed by atoms with E-state index >= 15 is 0 Å². The van der Waals surface area contributed by atoms with E-state index in [0.29, 0.717) is 12.4 Å². The van der Waals surface area contributed by atoms with Crippen molar-refractivity contribution in [3.63, 3.8) is 0 Å². The van der Waals surface area contributed by atoms with E-state index < -0.39 is 11.6 Å². The van der Waals surface area contributed by atoms with Crippen LogP contribution in [0.5, 0.6) is 0 Å². The lowest BCUT2D eigenvalue weighted by molar-refractivity contribution is 0.237. The van der Waals surface area contributed by atoms with Gasteiger partial charge >= 0.3 is 0 Å². The van der Waals surface area contributed by atoms with Crippen LogP contribution in [0.4, 0.5) is 14.6 Å². The van der Waals surface area contributed by atoms with Crippen LogP contribution in [0.3, 0.4) is 0 Å². The predicted octanol–water partition coefficient (Wildman–Crippen LogP) is 3.96. The summed E-state index contributed by atoms with van der Waals surface area (Å²) in [6, 6.07) is 0.837. The summed E-state index contributed by atoms with van der Waals surface area (Å²) in [5.41, 5.74) is 0.0162. The van der Waals surface area contributed by atoms with Crippen LogP contribution in [0.25, 0.3) is 0 Å². The first-order valence-corrected chi connectivity index (χ1v) is 6.80. The van der Waals surface area contributed by atoms with Gasteiger partial charge in [0.1, 0.15) is 5.82 Å². The minimum absolute atomic E-state index is 0.0162. The Kier molecular flexibility index (Phi) is 4.38. The highest BCUT2D eigenvalue weighted by Crippen LogP contribution is 2.37. The Morgan fingerprint density at radius 2 is 2.00 bits per heavy atom. The van der Waals surface area contributed by atoms with Gasteiger partial charge in [-0.1, -0.05) is 19.3 Å². The maximum absolute atomic E-state index is 13.4. The molecule has 0 spiro atoms. The minimum atomic E-state index is -0.664. The molecule has 1 aliphatic rings. The number of aromatic nitrogens is 1. The van der Waals surface area contributed by atoms with Crippen LogP contribution in [-0.4, -0.2) is 17.4 Å². The van der Waals surface area contributed by atoms with Crippen LogP contribution >= 0.6 is 11.6 Å². The molecule has 1 N–H and O–H groups in total. The van der Waals surface area contributed by atoms with Gasteiger partial charge in [0.25, 0.3) is 0 Å². The van der Waals surface area contributed by atoms with E-state index in [0.717, 1.165) is 37.9 Å². The third kappa shape index (κ3) is 3.10. The molecule has 18 heavy (non-hydrogen) atoms. The zero-order valence-electron chi connectivity index (χ0n) is 10.2. The molecule has 0 aromatic carbocycles. The first-order chi connectivity index (χ1) is 8.65. The number of hydrogen-bond donors (Lipinski definition) is 1. The van der Waals surface area contributed by atoms with Crippen molar-refractivity contribution >= 4 is 17.4 Å². The van der Waals surface area contributed by atoms with Gasteiger partial charge in [-0.05, 0) is 12.8 Å². The van der Waals surface area contributed by atoms with Crippen molar-refractivity contribution in [2.24, 2.45) is 5.41 Å². The SMILES string of the molecule is Fc1cnc(NCC2(CCl)CCCCC2)c(F)c1. The zero-order valence-corrected chi connectivity index (χ0v) is 10.9. The fourth-order valence-electron chi connectivity index (χ4n) is 2.48. The van der Waals surface area contributed by atoms with E-state index in [2.05, 4.69) is 10.3 Å². The Bertz CT molecular complexity index is 406. The van der Waals surface area contributed by atoms with E-state index in [-0.39, 0.29) is 11.2 Å². The molecule has 0 bridgehead atoms. The van der Waals surface area contributed by atoms with Crippen LogP contribution in [0.2, 0.25) is 0 Å². The van der Waals surface area contributed by atoms with Crippen molar-refractivity contribution in [1.29, 1.82) is 0 Å². The molecule has 2 rings (SSSR count). The summed E-state index contributed by atoms with van der Waals surface area (Å²) >= 11 is 6.05. The average Bonchev–Trinajstić information content (AvgIpc) is 2.39. The topological polar surface area (TPSA) is 24.9 Å². The lowest BCUT2D eigenvalue weighted by Crippen LogP contribution is -2.34. The molecule has 0 amide bonds. The summed E-state index contributed by atoms with van der Waals surface area (Å²) in [4.78, 5) is 3.72. The lowest BCUT2D eigenvalue weighted by Gasteiger charge is -2.35. The minimum Gasteiger partial charge on any atom is -0.367 e. The van der Waals surface area contributed by atoms with Crippen LogP contribution in [0.15, 0.2) is 12.3 Å². The lowest BCUT2D eigenvalue weighted by atomic mass is 9.75. The second-order valence-corrected chi connectivity index (χ2v) is 5.30. The molecule has 1 fully saturated rings. The summed E-state index contributed by atoms with van der Waals surface area (Å²) < 4.78 is 26.2. The van der Waals surface area contributed by atoms with Gasteiger partial charge in [-0.15, -0.1) is 11.6 Å². The molecule has 0 radical (unpaired) electrons. The third-order valence-corrected chi connectivity index (χ3v) is 4.20. The van der Waals surface area contributed by atoms with Gasteiger partial charge in [0, 0.05) is 23.9 Å². The Morgan fingerprint density at radius 3 is 2.61 bits per heavy atom. The van der Waals surface area contributed by atoms with Crippen molar-refractivity contribution in [2.45, 2.75) is 32.1 Å². The fraction of sp³-hybridized carbons (Fsp3) is 0.615. The summed E-state index contributed by atoms with van der Waals surface area (Å²) in [6.07, 6.45) is 6.67. The van der Waals surface area contributed by atoms with Gasteiger partial charge in [0.15, 0.2) is 11.6 Å². The number of nitrogens with zero attached hydrogens (tertiary/aromatic N) is 1. The standard InChI is InChI=1S/C13H17ClF2N2/c14-8-13(4-2-1-3-5-13)9-18-12-11(16)6-10(15)7-17-12/h6-7H,1-5,8-9H2,(H,17,18). The maximum atomic E-state index is 13.4. The number of pyridine rings is 1. The van der Waals surface area contributed by atoms with Crippen molar-refractivity contribution in [1.82, 2.24) is 4.98 Å². The first kappa shape index (κ1) is 13.5. The number of hydrogen-bond acceptors (Lipinski definition) is 2. The zero-order chi connectivity index (χ0) is 13.0. The fourth-order valence-corrected chi connectivity index (χ4v) is 2.84. The van der Waals surface area contributed by atoms with Gasteiger partial charge in [-0.2, -0.15) is 0 Å². The quantitative estimate of drug-likeness (QED) is 0.841. The highest BCUT2D eigenvalue weighted by Gasteiger charge is 2.31. The van der Waals surface area contributed by atoms with E-state index in [1.807, 2.05) is 0 Å². The number of anilines is 1. The van der Waals surface area contributed by atoms with E-state index in [1.54, 1.807) is 0 Å². The van der Waals surface area contributed by atoms with Crippen molar-refractivity contribution < 1.29 is 8.78 Å². The van der Waals surface area contributed by atoms with Gasteiger partial charge in [-0.3, -0.25) is 0 Å². The van der Waals surface area contributed by atoms with Crippen LogP contribution in [-0.2, 0) is 0 Å². The Labute approximate surface area is 111 Å². The number of rotatable bonds is 4. The molecule has 1 aromatic rings. The molecule has 2 nitrogen and oxygen atoms in total. The van der Waals surface area contributed by atoms with E-state index in [1.165, 1.54) is 6.42 Å². The van der Waals surface area contributed by atoms with Gasteiger partial charge in [0.2, 0.25) is 0 Å². The first-order valence-electron chi connectivity index (χ1n) is 6.26. The number of nitrogens with one attached hydrogen (secondary N) is 1. The molecule has 1 saturated carbocycles. The van der Waals surface area contributed by atoms with Crippen molar-refractivity contribution in [2.75, 3.05) is 17.7 Å². The maximum Gasteiger partial charge on any atom is 0.168 e. The molecule has 0 atom stereocenters.